The Kier molecular flexibility index (Phi) is 6.80. The summed E-state index contributed by atoms with van der Waals surface area (Å²) in [6.45, 7) is 6.42. The SMILES string of the molecule is CCCCCCCOc1ccc(N2CCNCC2)c(F)c1. The van der Waals surface area contributed by atoms with Crippen LogP contribution in [0, 0.1) is 5.82 Å². The Bertz CT molecular complexity index is 419. The van der Waals surface area contributed by atoms with Gasteiger partial charge in [-0.15, -0.1) is 0 Å². The highest BCUT2D eigenvalue weighted by atomic mass is 19.1. The molecule has 0 aromatic heterocycles. The highest BCUT2D eigenvalue weighted by molar-refractivity contribution is 5.51. The first-order valence-electron chi connectivity index (χ1n) is 8.19. The maximum atomic E-state index is 14.2. The van der Waals surface area contributed by atoms with Crippen molar-refractivity contribution in [1.82, 2.24) is 5.32 Å². The first-order valence-corrected chi connectivity index (χ1v) is 8.19. The molecule has 0 saturated carbocycles. The van der Waals surface area contributed by atoms with E-state index < -0.39 is 0 Å². The number of ether oxygens (including phenoxy) is 1. The summed E-state index contributed by atoms with van der Waals surface area (Å²) < 4.78 is 19.8. The zero-order valence-corrected chi connectivity index (χ0v) is 13.0. The number of anilines is 1. The van der Waals surface area contributed by atoms with E-state index in [0.717, 1.165) is 32.6 Å². The molecule has 0 spiro atoms. The lowest BCUT2D eigenvalue weighted by Gasteiger charge is -2.29. The molecule has 118 valence electrons. The van der Waals surface area contributed by atoms with E-state index in [9.17, 15) is 4.39 Å². The second-order valence-corrected chi connectivity index (χ2v) is 5.61. The molecule has 1 aromatic carbocycles. The monoisotopic (exact) mass is 294 g/mol. The van der Waals surface area contributed by atoms with Gasteiger partial charge in [-0.25, -0.2) is 4.39 Å². The molecule has 1 N–H and O–H groups in total. The number of hydrogen-bond acceptors (Lipinski definition) is 3. The molecule has 1 fully saturated rings. The molecule has 21 heavy (non-hydrogen) atoms. The van der Waals surface area contributed by atoms with Crippen molar-refractivity contribution in [2.45, 2.75) is 39.0 Å². The van der Waals surface area contributed by atoms with E-state index in [-0.39, 0.29) is 5.82 Å². The highest BCUT2D eigenvalue weighted by Crippen LogP contribution is 2.24. The van der Waals surface area contributed by atoms with Crippen molar-refractivity contribution < 1.29 is 9.13 Å². The molecule has 0 unspecified atom stereocenters. The lowest BCUT2D eigenvalue weighted by atomic mass is 10.2. The molecular formula is C17H27FN2O. The van der Waals surface area contributed by atoms with Crippen molar-refractivity contribution in [1.29, 1.82) is 0 Å². The number of unbranched alkanes of at least 4 members (excludes halogenated alkanes) is 4. The van der Waals surface area contributed by atoms with Gasteiger partial charge in [0, 0.05) is 32.2 Å². The van der Waals surface area contributed by atoms with Crippen LogP contribution in [0.4, 0.5) is 10.1 Å². The van der Waals surface area contributed by atoms with E-state index >= 15 is 0 Å². The van der Waals surface area contributed by atoms with Crippen molar-refractivity contribution in [2.24, 2.45) is 0 Å². The maximum Gasteiger partial charge on any atom is 0.150 e. The summed E-state index contributed by atoms with van der Waals surface area (Å²) in [6.07, 6.45) is 6.03. The van der Waals surface area contributed by atoms with E-state index in [1.54, 1.807) is 0 Å². The summed E-state index contributed by atoms with van der Waals surface area (Å²) in [6, 6.07) is 5.24. The van der Waals surface area contributed by atoms with E-state index in [0.29, 0.717) is 18.0 Å². The minimum absolute atomic E-state index is 0.180. The van der Waals surface area contributed by atoms with Crippen LogP contribution < -0.4 is 15.0 Å². The smallest absolute Gasteiger partial charge is 0.150 e. The number of halogens is 1. The van der Waals surface area contributed by atoms with E-state index in [1.165, 1.54) is 31.7 Å². The number of rotatable bonds is 8. The van der Waals surface area contributed by atoms with Crippen LogP contribution in [0.2, 0.25) is 0 Å². The van der Waals surface area contributed by atoms with Crippen molar-refractivity contribution in [3.63, 3.8) is 0 Å². The second-order valence-electron chi connectivity index (χ2n) is 5.61. The molecule has 0 aliphatic carbocycles. The third kappa shape index (κ3) is 5.20. The van der Waals surface area contributed by atoms with Crippen LogP contribution in [0.5, 0.6) is 5.75 Å². The van der Waals surface area contributed by atoms with Crippen LogP contribution in [-0.4, -0.2) is 32.8 Å². The van der Waals surface area contributed by atoms with Crippen molar-refractivity contribution in [2.75, 3.05) is 37.7 Å². The lowest BCUT2D eigenvalue weighted by Crippen LogP contribution is -2.43. The third-order valence-corrected chi connectivity index (χ3v) is 3.89. The summed E-state index contributed by atoms with van der Waals surface area (Å²) in [5.74, 6) is 0.460. The van der Waals surface area contributed by atoms with Crippen molar-refractivity contribution in [3.8, 4) is 5.75 Å². The average Bonchev–Trinajstić information content (AvgIpc) is 2.52. The Morgan fingerprint density at radius 2 is 1.90 bits per heavy atom. The third-order valence-electron chi connectivity index (χ3n) is 3.89. The van der Waals surface area contributed by atoms with Crippen LogP contribution in [0.25, 0.3) is 0 Å². The lowest BCUT2D eigenvalue weighted by molar-refractivity contribution is 0.303. The fourth-order valence-electron chi connectivity index (χ4n) is 2.64. The van der Waals surface area contributed by atoms with Gasteiger partial charge in [-0.1, -0.05) is 32.6 Å². The van der Waals surface area contributed by atoms with Gasteiger partial charge < -0.3 is 15.0 Å². The normalized spacial score (nSPS) is 15.2. The summed E-state index contributed by atoms with van der Waals surface area (Å²) in [5, 5.41) is 3.28. The molecule has 1 heterocycles. The molecule has 1 saturated heterocycles. The highest BCUT2D eigenvalue weighted by Gasteiger charge is 2.14. The number of hydrogen-bond donors (Lipinski definition) is 1. The summed E-state index contributed by atoms with van der Waals surface area (Å²) in [4.78, 5) is 2.08. The topological polar surface area (TPSA) is 24.5 Å². The van der Waals surface area contributed by atoms with Gasteiger partial charge in [0.1, 0.15) is 11.6 Å². The summed E-state index contributed by atoms with van der Waals surface area (Å²) in [7, 11) is 0. The van der Waals surface area contributed by atoms with Gasteiger partial charge in [0.2, 0.25) is 0 Å². The molecule has 1 aliphatic rings. The Hall–Kier alpha value is -1.29. The quantitative estimate of drug-likeness (QED) is 0.742. The first kappa shape index (κ1) is 16.1. The van der Waals surface area contributed by atoms with Gasteiger partial charge in [0.05, 0.1) is 12.3 Å². The van der Waals surface area contributed by atoms with Crippen LogP contribution in [0.1, 0.15) is 39.0 Å². The zero-order valence-electron chi connectivity index (χ0n) is 13.0. The van der Waals surface area contributed by atoms with Gasteiger partial charge in [-0.2, -0.15) is 0 Å². The average molecular weight is 294 g/mol. The Labute approximate surface area is 127 Å². The predicted octanol–water partition coefficient (Wildman–Crippen LogP) is 3.58. The van der Waals surface area contributed by atoms with E-state index in [4.69, 9.17) is 4.74 Å². The Morgan fingerprint density at radius 1 is 1.14 bits per heavy atom. The van der Waals surface area contributed by atoms with Crippen molar-refractivity contribution >= 4 is 5.69 Å². The molecule has 2 rings (SSSR count). The van der Waals surface area contributed by atoms with Gasteiger partial charge in [-0.05, 0) is 18.6 Å². The number of benzene rings is 1. The van der Waals surface area contributed by atoms with Gasteiger partial charge in [0.25, 0.3) is 0 Å². The Morgan fingerprint density at radius 3 is 2.62 bits per heavy atom. The van der Waals surface area contributed by atoms with Crippen LogP contribution in [0.15, 0.2) is 18.2 Å². The molecule has 1 aromatic rings. The minimum atomic E-state index is -0.180. The van der Waals surface area contributed by atoms with Crippen LogP contribution in [0.3, 0.4) is 0 Å². The molecule has 0 atom stereocenters. The molecule has 1 aliphatic heterocycles. The minimum Gasteiger partial charge on any atom is -0.493 e. The Balaban J connectivity index is 1.78. The summed E-state index contributed by atoms with van der Waals surface area (Å²) >= 11 is 0. The number of nitrogens with zero attached hydrogens (tertiary/aromatic N) is 1. The van der Waals surface area contributed by atoms with E-state index in [2.05, 4.69) is 17.1 Å². The fourth-order valence-corrected chi connectivity index (χ4v) is 2.64. The first-order chi connectivity index (χ1) is 10.3. The molecular weight excluding hydrogens is 267 g/mol. The number of piperazine rings is 1. The molecule has 0 radical (unpaired) electrons. The maximum absolute atomic E-state index is 14.2. The predicted molar refractivity (Wildman–Crippen MR) is 85.7 cm³/mol. The van der Waals surface area contributed by atoms with E-state index in [1.807, 2.05) is 12.1 Å². The van der Waals surface area contributed by atoms with Crippen molar-refractivity contribution in [3.05, 3.63) is 24.0 Å². The molecule has 0 bridgehead atoms. The van der Waals surface area contributed by atoms with Crippen LogP contribution in [-0.2, 0) is 0 Å². The summed E-state index contributed by atoms with van der Waals surface area (Å²) in [5.41, 5.74) is 0.687. The van der Waals surface area contributed by atoms with Crippen LogP contribution >= 0.6 is 0 Å². The second kappa shape index (κ2) is 8.88. The molecule has 0 amide bonds. The number of nitrogens with one attached hydrogen (secondary N) is 1. The van der Waals surface area contributed by atoms with Gasteiger partial charge in [-0.3, -0.25) is 0 Å². The molecule has 4 heteroatoms. The fraction of sp³-hybridized carbons (Fsp3) is 0.647. The van der Waals surface area contributed by atoms with Gasteiger partial charge >= 0.3 is 0 Å². The molecule has 3 nitrogen and oxygen atoms in total. The standard InChI is InChI=1S/C17H27FN2O/c1-2-3-4-5-6-13-21-15-7-8-17(16(18)14-15)20-11-9-19-10-12-20/h7-8,14,19H,2-6,9-13H2,1H3. The zero-order chi connectivity index (χ0) is 14.9. The van der Waals surface area contributed by atoms with Gasteiger partial charge in [0.15, 0.2) is 0 Å². The largest absolute Gasteiger partial charge is 0.493 e.